The Morgan fingerprint density at radius 2 is 1.45 bits per heavy atom. The largest absolute Gasteiger partial charge is 0.0830 e. The van der Waals surface area contributed by atoms with Crippen LogP contribution in [0.25, 0.3) is 0 Å². The van der Waals surface area contributed by atoms with Gasteiger partial charge in [-0.1, -0.05) is 34.8 Å². The van der Waals surface area contributed by atoms with E-state index in [-0.39, 0.29) is 0 Å². The molecule has 0 aliphatic heterocycles. The van der Waals surface area contributed by atoms with Crippen LogP contribution in [-0.4, -0.2) is 0 Å². The molecule has 0 fully saturated rings. The molecular formula is C6H2Cl4S. The number of benzene rings is 1. The minimum atomic E-state index is 0.436. The Labute approximate surface area is 88.3 Å². The average Bonchev–Trinajstić information content (AvgIpc) is 1.97. The van der Waals surface area contributed by atoms with Gasteiger partial charge >= 0.3 is 0 Å². The number of hydrogen-bond acceptors (Lipinski definition) is 1. The molecular weight excluding hydrogens is 246 g/mol. The molecule has 11 heavy (non-hydrogen) atoms. The van der Waals surface area contributed by atoms with Crippen LogP contribution >= 0.6 is 56.5 Å². The van der Waals surface area contributed by atoms with Crippen LogP contribution in [0, 0.1) is 0 Å². The third kappa shape index (κ3) is 2.33. The molecule has 0 spiro atoms. The van der Waals surface area contributed by atoms with E-state index in [0.29, 0.717) is 20.0 Å². The first kappa shape index (κ1) is 9.82. The standard InChI is InChI=1S/C6H2Cl4S/c7-3-1-5(9)6(11-10)2-4(3)8/h1-2H. The summed E-state index contributed by atoms with van der Waals surface area (Å²) in [5.74, 6) is 0. The highest BCUT2D eigenvalue weighted by Gasteiger charge is 2.04. The van der Waals surface area contributed by atoms with Gasteiger partial charge in [-0.2, -0.15) is 0 Å². The first-order valence-electron chi connectivity index (χ1n) is 2.58. The van der Waals surface area contributed by atoms with E-state index < -0.39 is 0 Å². The van der Waals surface area contributed by atoms with E-state index in [4.69, 9.17) is 45.5 Å². The van der Waals surface area contributed by atoms with Crippen LogP contribution in [0.3, 0.4) is 0 Å². The van der Waals surface area contributed by atoms with Crippen molar-refractivity contribution in [3.63, 3.8) is 0 Å². The normalized spacial score (nSPS) is 10.2. The Kier molecular flexibility index (Phi) is 3.66. The second-order valence-corrected chi connectivity index (χ2v) is 4.05. The van der Waals surface area contributed by atoms with Crippen LogP contribution in [0.15, 0.2) is 17.0 Å². The number of rotatable bonds is 1. The van der Waals surface area contributed by atoms with Crippen LogP contribution < -0.4 is 0 Å². The van der Waals surface area contributed by atoms with Crippen LogP contribution in [0.2, 0.25) is 15.1 Å². The Balaban J connectivity index is 3.21. The van der Waals surface area contributed by atoms with Crippen molar-refractivity contribution in [3.05, 3.63) is 27.2 Å². The third-order valence-electron chi connectivity index (χ3n) is 1.06. The van der Waals surface area contributed by atoms with Gasteiger partial charge in [-0.15, -0.1) is 0 Å². The van der Waals surface area contributed by atoms with Gasteiger partial charge in [-0.25, -0.2) is 0 Å². The van der Waals surface area contributed by atoms with Gasteiger partial charge in [0.15, 0.2) is 0 Å². The molecule has 0 aliphatic rings. The van der Waals surface area contributed by atoms with Gasteiger partial charge in [0, 0.05) is 4.90 Å². The highest BCUT2D eigenvalue weighted by Crippen LogP contribution is 2.36. The van der Waals surface area contributed by atoms with E-state index in [1.165, 1.54) is 0 Å². The molecule has 0 N–H and O–H groups in total. The maximum atomic E-state index is 5.75. The Bertz CT molecular complexity index is 274. The van der Waals surface area contributed by atoms with Gasteiger partial charge in [-0.3, -0.25) is 0 Å². The van der Waals surface area contributed by atoms with Gasteiger partial charge in [0.25, 0.3) is 0 Å². The van der Waals surface area contributed by atoms with Crippen LogP contribution in [0.1, 0.15) is 0 Å². The van der Waals surface area contributed by atoms with E-state index in [1.54, 1.807) is 12.1 Å². The van der Waals surface area contributed by atoms with Gasteiger partial charge in [-0.05, 0) is 33.8 Å². The molecule has 1 rings (SSSR count). The maximum absolute atomic E-state index is 5.75. The van der Waals surface area contributed by atoms with E-state index in [0.717, 1.165) is 11.0 Å². The van der Waals surface area contributed by atoms with Gasteiger partial charge < -0.3 is 0 Å². The van der Waals surface area contributed by atoms with E-state index >= 15 is 0 Å². The van der Waals surface area contributed by atoms with Crippen LogP contribution in [-0.2, 0) is 0 Å². The van der Waals surface area contributed by atoms with E-state index in [1.807, 2.05) is 0 Å². The lowest BCUT2D eigenvalue weighted by atomic mass is 10.4. The van der Waals surface area contributed by atoms with Gasteiger partial charge in [0.2, 0.25) is 0 Å². The second kappa shape index (κ2) is 4.11. The second-order valence-electron chi connectivity index (χ2n) is 1.77. The number of halogens is 4. The fourth-order valence-electron chi connectivity index (χ4n) is 0.563. The molecule has 0 atom stereocenters. The van der Waals surface area contributed by atoms with Crippen LogP contribution in [0.4, 0.5) is 0 Å². The highest BCUT2D eigenvalue weighted by molar-refractivity contribution is 8.21. The van der Waals surface area contributed by atoms with Crippen molar-refractivity contribution in [2.75, 3.05) is 0 Å². The fraction of sp³-hybridized carbons (Fsp3) is 0. The smallest absolute Gasteiger partial charge is 0.0607 e. The predicted octanol–water partition coefficient (Wildman–Crippen LogP) is 4.89. The zero-order chi connectivity index (χ0) is 8.43. The summed E-state index contributed by atoms with van der Waals surface area (Å²) in [6.45, 7) is 0. The first-order chi connectivity index (χ1) is 5.15. The Morgan fingerprint density at radius 1 is 0.909 bits per heavy atom. The zero-order valence-corrected chi connectivity index (χ0v) is 8.92. The van der Waals surface area contributed by atoms with Crippen molar-refractivity contribution in [2.24, 2.45) is 0 Å². The molecule has 0 unspecified atom stereocenters. The summed E-state index contributed by atoms with van der Waals surface area (Å²) in [5.41, 5.74) is 0. The lowest BCUT2D eigenvalue weighted by Gasteiger charge is -2.00. The van der Waals surface area contributed by atoms with Crippen molar-refractivity contribution in [2.45, 2.75) is 4.90 Å². The molecule has 1 aromatic carbocycles. The average molecular weight is 248 g/mol. The van der Waals surface area contributed by atoms with Crippen molar-refractivity contribution in [3.8, 4) is 0 Å². The molecule has 0 aliphatic carbocycles. The van der Waals surface area contributed by atoms with Crippen molar-refractivity contribution in [1.82, 2.24) is 0 Å². The molecule has 0 bridgehead atoms. The molecule has 5 heteroatoms. The van der Waals surface area contributed by atoms with Crippen molar-refractivity contribution in [1.29, 1.82) is 0 Å². The van der Waals surface area contributed by atoms with Gasteiger partial charge in [0.05, 0.1) is 15.1 Å². The first-order valence-corrected chi connectivity index (χ1v) is 5.36. The summed E-state index contributed by atoms with van der Waals surface area (Å²) in [6, 6.07) is 3.19. The Hall–Kier alpha value is 0.730. The zero-order valence-electron chi connectivity index (χ0n) is 5.07. The molecule has 0 aromatic heterocycles. The minimum absolute atomic E-state index is 0.436. The van der Waals surface area contributed by atoms with E-state index in [9.17, 15) is 0 Å². The SMILES string of the molecule is ClSc1cc(Cl)c(Cl)cc1Cl. The molecule has 1 aromatic rings. The quantitative estimate of drug-likeness (QED) is 0.637. The molecule has 0 saturated heterocycles. The lowest BCUT2D eigenvalue weighted by molar-refractivity contribution is 1.47. The molecule has 0 nitrogen and oxygen atoms in total. The monoisotopic (exact) mass is 246 g/mol. The molecule has 0 amide bonds. The topological polar surface area (TPSA) is 0 Å². The maximum Gasteiger partial charge on any atom is 0.0607 e. The lowest BCUT2D eigenvalue weighted by Crippen LogP contribution is -1.73. The summed E-state index contributed by atoms with van der Waals surface area (Å²) in [4.78, 5) is 0.711. The van der Waals surface area contributed by atoms with Crippen molar-refractivity contribution >= 4 is 56.5 Å². The number of hydrogen-bond donors (Lipinski definition) is 0. The molecule has 60 valence electrons. The minimum Gasteiger partial charge on any atom is -0.0830 e. The summed E-state index contributed by atoms with van der Waals surface area (Å²) >= 11 is 17.1. The third-order valence-corrected chi connectivity index (χ3v) is 3.21. The molecule has 0 heterocycles. The summed E-state index contributed by atoms with van der Waals surface area (Å²) in [6.07, 6.45) is 0. The Morgan fingerprint density at radius 3 is 2.00 bits per heavy atom. The summed E-state index contributed by atoms with van der Waals surface area (Å²) in [7, 11) is 6.50. The van der Waals surface area contributed by atoms with Crippen LogP contribution in [0.5, 0.6) is 0 Å². The molecule has 0 saturated carbocycles. The predicted molar refractivity (Wildman–Crippen MR) is 53.2 cm³/mol. The van der Waals surface area contributed by atoms with E-state index in [2.05, 4.69) is 0 Å². The highest BCUT2D eigenvalue weighted by atomic mass is 35.7. The fourth-order valence-corrected chi connectivity index (χ4v) is 2.09. The summed E-state index contributed by atoms with van der Waals surface area (Å²) < 4.78 is 0. The van der Waals surface area contributed by atoms with Crippen molar-refractivity contribution < 1.29 is 0 Å². The van der Waals surface area contributed by atoms with Gasteiger partial charge in [0.1, 0.15) is 0 Å². The summed E-state index contributed by atoms with van der Waals surface area (Å²) in [5, 5.41) is 1.41. The molecule has 0 radical (unpaired) electrons.